The third kappa shape index (κ3) is 46.0. The lowest BCUT2D eigenvalue weighted by Gasteiger charge is -2.33. The maximum absolute atomic E-state index is 7.49. The number of aryl methyl sites for hydroxylation is 6. The molecule has 130 heavy (non-hydrogen) atoms. The van der Waals surface area contributed by atoms with Gasteiger partial charge in [0.05, 0.1) is 19.8 Å². The van der Waals surface area contributed by atoms with E-state index in [1.54, 1.807) is 0 Å². The topological polar surface area (TPSA) is 83.1 Å². The van der Waals surface area contributed by atoms with Crippen molar-refractivity contribution < 1.29 is 40.7 Å². The van der Waals surface area contributed by atoms with Gasteiger partial charge in [0.25, 0.3) is 0 Å². The Hall–Kier alpha value is -4.71. The molecule has 6 aromatic carbocycles. The molecule has 0 aliphatic carbocycles. The smallest absolute Gasteiger partial charge is 0.426 e. The van der Waals surface area contributed by atoms with Crippen LogP contribution < -0.4 is 27.1 Å². The monoisotopic (exact) mass is 1850 g/mol. The Balaban J connectivity index is 1.48. The zero-order chi connectivity index (χ0) is 93.9. The van der Waals surface area contributed by atoms with Gasteiger partial charge in [-0.25, -0.2) is 0 Å². The summed E-state index contributed by atoms with van der Waals surface area (Å²) in [5, 5.41) is 0. The van der Waals surface area contributed by atoms with Gasteiger partial charge in [0.2, 0.25) is 0 Å². The number of rotatable bonds is 77. The van der Waals surface area contributed by atoms with Gasteiger partial charge in [-0.15, -0.1) is 0 Å². The minimum absolute atomic E-state index is 0.0702. The quantitative estimate of drug-likeness (QED) is 0.0274. The highest BCUT2D eigenvalue weighted by atomic mass is 31.2. The van der Waals surface area contributed by atoms with Crippen LogP contribution in [0.1, 0.15) is 523 Å². The first-order valence-corrected chi connectivity index (χ1v) is 57.3. The number of benzene rings is 6. The van der Waals surface area contributed by atoms with Crippen LogP contribution in [0.4, 0.5) is 0 Å². The molecule has 3 atom stereocenters. The molecule has 0 N–H and O–H groups in total. The van der Waals surface area contributed by atoms with E-state index in [1.807, 2.05) is 0 Å². The summed E-state index contributed by atoms with van der Waals surface area (Å²) in [6.45, 7) is 46.1. The van der Waals surface area contributed by atoms with Crippen LogP contribution in [-0.4, -0.2) is 19.8 Å². The zero-order valence-corrected chi connectivity index (χ0v) is 89.8. The molecule has 0 aliphatic heterocycles. The van der Waals surface area contributed by atoms with Gasteiger partial charge in [0.15, 0.2) is 0 Å². The largest absolute Gasteiger partial charge is 0.530 e. The SMILES string of the molecule is CCCCCCCCCCCCOP(OCCCCCCCCCCCC)Oc1cc(C)c(C(CC(C)c2cc(C(C)(C)C)c(OP(Oc3ccccc3CCCCCCCCC)Oc3ccccc3CCCCCCCCC)cc2C)c2cc(C(C)(C)C)c(OP(OCCCCCCCCCCCC)Oc3ccccc3CCCCCCCCC)cc2C)cc1C(C)(C)C. The van der Waals surface area contributed by atoms with Crippen molar-refractivity contribution in [3.05, 3.63) is 176 Å². The Bertz CT molecular complexity index is 3800. The van der Waals surface area contributed by atoms with E-state index in [-0.39, 0.29) is 28.1 Å². The van der Waals surface area contributed by atoms with E-state index >= 15 is 0 Å². The number of para-hydroxylation sites is 3. The fourth-order valence-electron chi connectivity index (χ4n) is 18.4. The lowest BCUT2D eigenvalue weighted by atomic mass is 9.74. The molecule has 0 heterocycles. The van der Waals surface area contributed by atoms with Gasteiger partial charge in [-0.2, -0.15) is 0 Å². The average Bonchev–Trinajstić information content (AvgIpc) is 0.759. The summed E-state index contributed by atoms with van der Waals surface area (Å²) in [5.74, 6) is 5.01. The van der Waals surface area contributed by atoms with Crippen LogP contribution in [0.2, 0.25) is 0 Å². The summed E-state index contributed by atoms with van der Waals surface area (Å²) in [6.07, 6.45) is 68.0. The molecule has 0 aliphatic rings. The van der Waals surface area contributed by atoms with Gasteiger partial charge in [0.1, 0.15) is 34.5 Å². The molecular formula is C118H193O9P3. The predicted octanol–water partition coefficient (Wildman–Crippen LogP) is 40.6. The Labute approximate surface area is 804 Å². The second kappa shape index (κ2) is 67.5. The molecule has 6 aromatic rings. The van der Waals surface area contributed by atoms with Gasteiger partial charge >= 0.3 is 25.8 Å². The number of hydrogen-bond donors (Lipinski definition) is 0. The van der Waals surface area contributed by atoms with Crippen molar-refractivity contribution in [2.75, 3.05) is 19.8 Å². The zero-order valence-electron chi connectivity index (χ0n) is 87.1. The Morgan fingerprint density at radius 3 is 0.738 bits per heavy atom. The summed E-state index contributed by atoms with van der Waals surface area (Å²) >= 11 is 0. The molecule has 0 saturated heterocycles. The highest BCUT2D eigenvalue weighted by Gasteiger charge is 2.35. The van der Waals surface area contributed by atoms with Gasteiger partial charge in [-0.3, -0.25) is 4.52 Å². The summed E-state index contributed by atoms with van der Waals surface area (Å²) in [4.78, 5) is 0. The minimum atomic E-state index is -2.00. The van der Waals surface area contributed by atoms with Crippen molar-refractivity contribution in [2.45, 2.75) is 513 Å². The molecule has 734 valence electrons. The van der Waals surface area contributed by atoms with Crippen molar-refractivity contribution in [3.8, 4) is 34.5 Å². The fourth-order valence-corrected chi connectivity index (χ4v) is 21.6. The third-order valence-electron chi connectivity index (χ3n) is 26.6. The minimum Gasteiger partial charge on any atom is -0.426 e. The predicted molar refractivity (Wildman–Crippen MR) is 567 cm³/mol. The van der Waals surface area contributed by atoms with E-state index in [0.717, 1.165) is 135 Å². The Morgan fingerprint density at radius 1 is 0.238 bits per heavy atom. The molecule has 0 fully saturated rings. The first kappa shape index (κ1) is 114. The molecule has 9 nitrogen and oxygen atoms in total. The summed E-state index contributed by atoms with van der Waals surface area (Å²) in [6, 6.07) is 40.4. The first-order chi connectivity index (χ1) is 62.9. The lowest BCUT2D eigenvalue weighted by Crippen LogP contribution is -2.19. The normalized spacial score (nSPS) is 12.8. The van der Waals surface area contributed by atoms with Gasteiger partial charge in [-0.05, 0) is 194 Å². The van der Waals surface area contributed by atoms with E-state index in [9.17, 15) is 0 Å². The lowest BCUT2D eigenvalue weighted by molar-refractivity contribution is 0.197. The van der Waals surface area contributed by atoms with Crippen molar-refractivity contribution in [1.29, 1.82) is 0 Å². The van der Waals surface area contributed by atoms with Crippen LogP contribution >= 0.6 is 25.8 Å². The highest BCUT2D eigenvalue weighted by Crippen LogP contribution is 2.54. The molecule has 0 bridgehead atoms. The molecule has 0 radical (unpaired) electrons. The Kier molecular flexibility index (Phi) is 59.2. The molecule has 0 aromatic heterocycles. The molecule has 6 rings (SSSR count). The summed E-state index contributed by atoms with van der Waals surface area (Å²) in [7, 11) is -5.56. The second-order valence-electron chi connectivity index (χ2n) is 41.8. The Morgan fingerprint density at radius 2 is 0.454 bits per heavy atom. The van der Waals surface area contributed by atoms with Crippen molar-refractivity contribution in [3.63, 3.8) is 0 Å². The van der Waals surface area contributed by atoms with Crippen LogP contribution in [0.25, 0.3) is 0 Å². The van der Waals surface area contributed by atoms with Crippen LogP contribution in [-0.2, 0) is 49.1 Å². The van der Waals surface area contributed by atoms with E-state index in [0.29, 0.717) is 19.8 Å². The second-order valence-corrected chi connectivity index (χ2v) is 45.0. The fraction of sp³-hybridized carbons (Fsp3) is 0.695. The van der Waals surface area contributed by atoms with Crippen LogP contribution in [0.5, 0.6) is 34.5 Å². The van der Waals surface area contributed by atoms with Crippen LogP contribution in [0.3, 0.4) is 0 Å². The van der Waals surface area contributed by atoms with Gasteiger partial charge in [0, 0.05) is 22.6 Å². The van der Waals surface area contributed by atoms with Crippen LogP contribution in [0, 0.1) is 20.8 Å². The molecule has 0 saturated carbocycles. The third-order valence-corrected chi connectivity index (χ3v) is 29.8. The highest BCUT2D eigenvalue weighted by molar-refractivity contribution is 7.43. The number of hydrogen-bond acceptors (Lipinski definition) is 9. The van der Waals surface area contributed by atoms with Crippen molar-refractivity contribution >= 4 is 25.8 Å². The molecule has 12 heteroatoms. The average molecular weight is 1850 g/mol. The van der Waals surface area contributed by atoms with Crippen LogP contribution in [0.15, 0.2) is 109 Å². The maximum Gasteiger partial charge on any atom is 0.530 e. The van der Waals surface area contributed by atoms with E-state index in [2.05, 4.69) is 241 Å². The molecule has 0 spiro atoms. The molecule has 3 unspecified atom stereocenters. The maximum atomic E-state index is 7.49. The standard InChI is InChI=1S/C118H193O9P3/c1-20-26-32-38-44-47-50-56-62-74-86-119-128(120-87-75-63-57-51-48-45-39-33-27-21-2)125-113-91-98(9)104(94-108(113)117(14,15)16)106(105-95-109(118(17,18)19)114(92-99(105)10)126-129(121-88-76-64-58-52-49-46-40-34-28-22-3)122-110-83-71-68-80-100(110)77-65-59-53-41-35-29-23-4)89-96(7)103-93-107(116(11,12)13)115(90-97(103)8)127-130(123-111-84-72-69-81-101(111)78-66-60-54-42-36-30-24-5)124-112-85-73-70-82-102(112)79-67-61-55-43-37-31-25-6/h68-73,80-85,90-96,106H,20-67,74-79,86-89H2,1-19H3. The molecular weight excluding hydrogens is 1650 g/mol. The van der Waals surface area contributed by atoms with Gasteiger partial charge < -0.3 is 36.2 Å². The summed E-state index contributed by atoms with van der Waals surface area (Å²) < 4.78 is 64.7. The van der Waals surface area contributed by atoms with Gasteiger partial charge in [-0.1, -0.05) is 473 Å². The van der Waals surface area contributed by atoms with E-state index in [1.165, 1.54) is 320 Å². The van der Waals surface area contributed by atoms with Crippen molar-refractivity contribution in [2.24, 2.45) is 0 Å². The molecule has 0 amide bonds. The summed E-state index contributed by atoms with van der Waals surface area (Å²) in [5.41, 5.74) is 13.5. The van der Waals surface area contributed by atoms with E-state index in [4.69, 9.17) is 40.7 Å². The number of unbranched alkanes of at least 4 members (excludes halogenated alkanes) is 45. The first-order valence-electron chi connectivity index (χ1n) is 54.0. The van der Waals surface area contributed by atoms with E-state index < -0.39 is 25.8 Å². The van der Waals surface area contributed by atoms with Crippen molar-refractivity contribution in [1.82, 2.24) is 0 Å².